The Morgan fingerprint density at radius 2 is 2.00 bits per heavy atom. The van der Waals surface area contributed by atoms with E-state index >= 15 is 0 Å². The van der Waals surface area contributed by atoms with Gasteiger partial charge in [-0.3, -0.25) is 10.1 Å². The van der Waals surface area contributed by atoms with Crippen LogP contribution >= 0.6 is 27.3 Å². The van der Waals surface area contributed by atoms with Crippen LogP contribution in [0, 0.1) is 0 Å². The first-order valence-electron chi connectivity index (χ1n) is 5.80. The number of carbonyl (C=O) groups is 1. The maximum Gasteiger partial charge on any atom is 0.291 e. The molecule has 0 fully saturated rings. The molecule has 1 N–H and O–H groups in total. The van der Waals surface area contributed by atoms with Gasteiger partial charge >= 0.3 is 0 Å². The number of ether oxygens (including phenoxy) is 1. The van der Waals surface area contributed by atoms with Gasteiger partial charge in [-0.2, -0.15) is 0 Å². The maximum absolute atomic E-state index is 12.4. The number of nitrogens with zero attached hydrogens (tertiary/aromatic N) is 2. The molecule has 0 aliphatic rings. The molecular formula is C12H10BrF2N3O2S. The Balaban J connectivity index is 1.94. The summed E-state index contributed by atoms with van der Waals surface area (Å²) in [6, 6.07) is 6.96. The molecule has 0 spiro atoms. The van der Waals surface area contributed by atoms with Gasteiger partial charge in [0.25, 0.3) is 12.3 Å². The van der Waals surface area contributed by atoms with Crippen LogP contribution in [0.1, 0.15) is 18.4 Å². The minimum atomic E-state index is -2.70. The zero-order valence-electron chi connectivity index (χ0n) is 10.7. The third-order valence-corrected chi connectivity index (χ3v) is 3.73. The quantitative estimate of drug-likeness (QED) is 0.863. The van der Waals surface area contributed by atoms with Gasteiger partial charge in [-0.25, -0.2) is 8.78 Å². The fourth-order valence-corrected chi connectivity index (χ4v) is 2.22. The van der Waals surface area contributed by atoms with Gasteiger partial charge in [0, 0.05) is 4.47 Å². The molecular weight excluding hydrogens is 368 g/mol. The highest BCUT2D eigenvalue weighted by Gasteiger charge is 2.19. The first-order chi connectivity index (χ1) is 9.95. The van der Waals surface area contributed by atoms with Crippen molar-refractivity contribution in [2.45, 2.75) is 19.5 Å². The van der Waals surface area contributed by atoms with Crippen LogP contribution in [0.25, 0.3) is 0 Å². The van der Waals surface area contributed by atoms with Crippen molar-refractivity contribution in [3.63, 3.8) is 0 Å². The van der Waals surface area contributed by atoms with Gasteiger partial charge in [0.1, 0.15) is 5.75 Å². The molecule has 1 unspecified atom stereocenters. The second kappa shape index (κ2) is 6.90. The normalized spacial score (nSPS) is 12.2. The molecule has 0 aliphatic heterocycles. The van der Waals surface area contributed by atoms with E-state index < -0.39 is 23.4 Å². The zero-order chi connectivity index (χ0) is 15.4. The lowest BCUT2D eigenvalue weighted by Crippen LogP contribution is -2.30. The third-order valence-electron chi connectivity index (χ3n) is 2.35. The summed E-state index contributed by atoms with van der Waals surface area (Å²) in [5.41, 5.74) is 0. The summed E-state index contributed by atoms with van der Waals surface area (Å²) in [4.78, 5) is 11.9. The molecule has 21 heavy (non-hydrogen) atoms. The lowest BCUT2D eigenvalue weighted by Gasteiger charge is -2.13. The van der Waals surface area contributed by atoms with Crippen LogP contribution in [0.15, 0.2) is 28.7 Å². The van der Waals surface area contributed by atoms with Crippen molar-refractivity contribution in [2.75, 3.05) is 5.32 Å². The maximum atomic E-state index is 12.4. The summed E-state index contributed by atoms with van der Waals surface area (Å²) in [5, 5.41) is 8.72. The monoisotopic (exact) mass is 377 g/mol. The summed E-state index contributed by atoms with van der Waals surface area (Å²) in [6.07, 6.45) is -3.50. The molecule has 0 aliphatic carbocycles. The van der Waals surface area contributed by atoms with Crippen LogP contribution in [-0.4, -0.2) is 22.2 Å². The van der Waals surface area contributed by atoms with Gasteiger partial charge in [-0.1, -0.05) is 27.3 Å². The highest BCUT2D eigenvalue weighted by molar-refractivity contribution is 9.10. The number of hydrogen-bond donors (Lipinski definition) is 1. The second-order valence-electron chi connectivity index (χ2n) is 3.95. The number of rotatable bonds is 5. The Kier molecular flexibility index (Phi) is 5.18. The number of benzene rings is 1. The number of aromatic nitrogens is 2. The summed E-state index contributed by atoms with van der Waals surface area (Å²) in [5.74, 6) is 0.0290. The van der Waals surface area contributed by atoms with E-state index in [1.54, 1.807) is 31.2 Å². The fraction of sp³-hybridized carbons (Fsp3) is 0.250. The van der Waals surface area contributed by atoms with Crippen LogP contribution in [0.2, 0.25) is 0 Å². The van der Waals surface area contributed by atoms with Crippen LogP contribution in [0.4, 0.5) is 13.9 Å². The minimum Gasteiger partial charge on any atom is -0.481 e. The number of carbonyl (C=O) groups excluding carboxylic acids is 1. The molecule has 1 aromatic carbocycles. The number of halogens is 3. The van der Waals surface area contributed by atoms with E-state index in [1.807, 2.05) is 0 Å². The van der Waals surface area contributed by atoms with Gasteiger partial charge in [0.05, 0.1) is 0 Å². The molecule has 1 amide bonds. The minimum absolute atomic E-state index is 0.0153. The van der Waals surface area contributed by atoms with Crippen molar-refractivity contribution < 1.29 is 18.3 Å². The lowest BCUT2D eigenvalue weighted by molar-refractivity contribution is -0.122. The number of amides is 1. The average molecular weight is 378 g/mol. The topological polar surface area (TPSA) is 64.1 Å². The summed E-state index contributed by atoms with van der Waals surface area (Å²) in [6.45, 7) is 1.55. The van der Waals surface area contributed by atoms with Crippen molar-refractivity contribution in [1.82, 2.24) is 10.2 Å². The molecule has 1 aromatic heterocycles. The first kappa shape index (κ1) is 15.8. The average Bonchev–Trinajstić information content (AvgIpc) is 2.90. The first-order valence-corrected chi connectivity index (χ1v) is 7.41. The van der Waals surface area contributed by atoms with E-state index in [0.717, 1.165) is 4.47 Å². The lowest BCUT2D eigenvalue weighted by atomic mass is 10.3. The van der Waals surface area contributed by atoms with E-state index in [-0.39, 0.29) is 5.13 Å². The Bertz CT molecular complexity index is 621. The molecule has 2 aromatic rings. The Morgan fingerprint density at radius 3 is 2.57 bits per heavy atom. The van der Waals surface area contributed by atoms with Gasteiger partial charge in [0.15, 0.2) is 11.1 Å². The van der Waals surface area contributed by atoms with Crippen molar-refractivity contribution >= 4 is 38.3 Å². The molecule has 1 heterocycles. The standard InChI is InChI=1S/C12H10BrF2N3O2S/c1-6(20-8-4-2-7(13)3-5-8)10(19)16-12-18-17-11(21-12)9(14)15/h2-6,9H,1H3,(H,16,18,19). The molecule has 1 atom stereocenters. The van der Waals surface area contributed by atoms with Crippen LogP contribution in [-0.2, 0) is 4.79 Å². The number of alkyl halides is 2. The van der Waals surface area contributed by atoms with Gasteiger partial charge in [0.2, 0.25) is 5.13 Å². The molecule has 0 saturated heterocycles. The van der Waals surface area contributed by atoms with E-state index in [4.69, 9.17) is 4.74 Å². The number of hydrogen-bond acceptors (Lipinski definition) is 5. The van der Waals surface area contributed by atoms with Crippen LogP contribution in [0.3, 0.4) is 0 Å². The van der Waals surface area contributed by atoms with Crippen molar-refractivity contribution in [1.29, 1.82) is 0 Å². The Labute approximate surface area is 131 Å². The predicted octanol–water partition coefficient (Wildman–Crippen LogP) is 3.64. The van der Waals surface area contributed by atoms with E-state index in [0.29, 0.717) is 17.1 Å². The molecule has 9 heteroatoms. The summed E-state index contributed by atoms with van der Waals surface area (Å²) in [7, 11) is 0. The summed E-state index contributed by atoms with van der Waals surface area (Å²) >= 11 is 3.92. The van der Waals surface area contributed by atoms with E-state index in [2.05, 4.69) is 31.4 Å². The van der Waals surface area contributed by atoms with Crippen LogP contribution < -0.4 is 10.1 Å². The smallest absolute Gasteiger partial charge is 0.291 e. The molecule has 0 radical (unpaired) electrons. The summed E-state index contributed by atoms with van der Waals surface area (Å²) < 4.78 is 31.0. The zero-order valence-corrected chi connectivity index (χ0v) is 13.1. The SMILES string of the molecule is CC(Oc1ccc(Br)cc1)C(=O)Nc1nnc(C(F)F)s1. The number of anilines is 1. The third kappa shape index (κ3) is 4.43. The second-order valence-corrected chi connectivity index (χ2v) is 5.87. The molecule has 5 nitrogen and oxygen atoms in total. The van der Waals surface area contributed by atoms with Gasteiger partial charge in [-0.05, 0) is 31.2 Å². The predicted molar refractivity (Wildman–Crippen MR) is 77.7 cm³/mol. The van der Waals surface area contributed by atoms with Crippen molar-refractivity contribution in [3.05, 3.63) is 33.7 Å². The molecule has 0 bridgehead atoms. The number of nitrogens with one attached hydrogen (secondary N) is 1. The van der Waals surface area contributed by atoms with Crippen LogP contribution in [0.5, 0.6) is 5.75 Å². The highest BCUT2D eigenvalue weighted by atomic mass is 79.9. The Morgan fingerprint density at radius 1 is 1.33 bits per heavy atom. The Hall–Kier alpha value is -1.61. The molecule has 112 valence electrons. The van der Waals surface area contributed by atoms with Gasteiger partial charge in [-0.15, -0.1) is 10.2 Å². The highest BCUT2D eigenvalue weighted by Crippen LogP contribution is 2.25. The fourth-order valence-electron chi connectivity index (χ4n) is 1.35. The van der Waals surface area contributed by atoms with Gasteiger partial charge < -0.3 is 4.74 Å². The molecule has 0 saturated carbocycles. The molecule has 2 rings (SSSR count). The van der Waals surface area contributed by atoms with Crippen molar-refractivity contribution in [2.24, 2.45) is 0 Å². The van der Waals surface area contributed by atoms with E-state index in [1.165, 1.54) is 0 Å². The largest absolute Gasteiger partial charge is 0.481 e. The van der Waals surface area contributed by atoms with Crippen molar-refractivity contribution in [3.8, 4) is 5.75 Å². The van der Waals surface area contributed by atoms with E-state index in [9.17, 15) is 13.6 Å².